The van der Waals surface area contributed by atoms with Crippen molar-refractivity contribution in [3.8, 4) is 0 Å². The number of thioether (sulfide) groups is 1. The molecule has 2 N–H and O–H groups in total. The Bertz CT molecular complexity index is 685. The number of carbonyl (C=O) groups is 2. The largest absolute Gasteiger partial charge is 0.481 e. The van der Waals surface area contributed by atoms with E-state index in [9.17, 15) is 9.59 Å². The molecule has 0 saturated heterocycles. The van der Waals surface area contributed by atoms with Gasteiger partial charge in [-0.1, -0.05) is 18.2 Å². The summed E-state index contributed by atoms with van der Waals surface area (Å²) < 4.78 is 0. The Morgan fingerprint density at radius 1 is 1.22 bits per heavy atom. The Labute approximate surface area is 138 Å². The molecule has 0 fully saturated rings. The minimum atomic E-state index is -0.843. The Morgan fingerprint density at radius 2 is 2.00 bits per heavy atom. The minimum Gasteiger partial charge on any atom is -0.481 e. The van der Waals surface area contributed by atoms with Gasteiger partial charge in [-0.05, 0) is 35.4 Å². The summed E-state index contributed by atoms with van der Waals surface area (Å²) in [6, 6.07) is 11.1. The van der Waals surface area contributed by atoms with E-state index in [1.165, 1.54) is 17.8 Å². The molecule has 0 aliphatic rings. The summed E-state index contributed by atoms with van der Waals surface area (Å²) >= 11 is 1.26. The van der Waals surface area contributed by atoms with Crippen molar-refractivity contribution >= 4 is 29.7 Å². The van der Waals surface area contributed by atoms with Crippen LogP contribution >= 0.6 is 11.8 Å². The van der Waals surface area contributed by atoms with Gasteiger partial charge in [0.1, 0.15) is 0 Å². The molecule has 1 amide bonds. The number of rotatable bonds is 7. The summed E-state index contributed by atoms with van der Waals surface area (Å²) in [5.74, 6) is -0.992. The molecule has 0 radical (unpaired) electrons. The number of carboxylic acid groups (broad SMARTS) is 1. The topological polar surface area (TPSA) is 79.3 Å². The lowest BCUT2D eigenvalue weighted by Crippen LogP contribution is -2.20. The average molecular weight is 328 g/mol. The fourth-order valence-corrected chi connectivity index (χ4v) is 2.36. The maximum atomic E-state index is 11.7. The third-order valence-electron chi connectivity index (χ3n) is 2.86. The van der Waals surface area contributed by atoms with Crippen molar-refractivity contribution in [2.24, 2.45) is 0 Å². The van der Waals surface area contributed by atoms with E-state index >= 15 is 0 Å². The Kier molecular flexibility index (Phi) is 6.38. The summed E-state index contributed by atoms with van der Waals surface area (Å²) in [5, 5.41) is 11.4. The predicted molar refractivity (Wildman–Crippen MR) is 89.9 cm³/mol. The summed E-state index contributed by atoms with van der Waals surface area (Å²) in [4.78, 5) is 27.1. The number of benzene rings is 1. The van der Waals surface area contributed by atoms with Crippen LogP contribution in [0.1, 0.15) is 11.1 Å². The lowest BCUT2D eigenvalue weighted by atomic mass is 10.2. The normalized spacial score (nSPS) is 10.6. The lowest BCUT2D eigenvalue weighted by Gasteiger charge is -2.02. The predicted octanol–water partition coefficient (Wildman–Crippen LogP) is 2.59. The van der Waals surface area contributed by atoms with Gasteiger partial charge in [0.05, 0.1) is 5.75 Å². The number of nitrogens with one attached hydrogen (secondary N) is 1. The van der Waals surface area contributed by atoms with Gasteiger partial charge in [-0.15, -0.1) is 11.8 Å². The van der Waals surface area contributed by atoms with Gasteiger partial charge in [0.25, 0.3) is 0 Å². The van der Waals surface area contributed by atoms with Crippen LogP contribution in [0, 0.1) is 0 Å². The zero-order chi connectivity index (χ0) is 16.5. The minimum absolute atomic E-state index is 0.0337. The molecule has 23 heavy (non-hydrogen) atoms. The first-order valence-electron chi connectivity index (χ1n) is 6.93. The van der Waals surface area contributed by atoms with Gasteiger partial charge in [0.15, 0.2) is 0 Å². The summed E-state index contributed by atoms with van der Waals surface area (Å²) in [6.07, 6.45) is 6.57. The van der Waals surface area contributed by atoms with Crippen LogP contribution in [-0.2, 0) is 16.1 Å². The first kappa shape index (κ1) is 16.8. The highest BCUT2D eigenvalue weighted by molar-refractivity contribution is 8.00. The highest BCUT2D eigenvalue weighted by Crippen LogP contribution is 2.18. The van der Waals surface area contributed by atoms with E-state index in [-0.39, 0.29) is 11.7 Å². The molecule has 2 rings (SSSR count). The standard InChI is InChI=1S/C17H16N2O3S/c20-16(19-11-14-2-1-9-18-10-14)8-5-13-3-6-15(7-4-13)23-12-17(21)22/h1-10H,11-12H2,(H,19,20)(H,21,22). The molecule has 2 aromatic rings. The molecule has 0 aliphatic heterocycles. The van der Waals surface area contributed by atoms with Crippen molar-refractivity contribution in [1.29, 1.82) is 0 Å². The van der Waals surface area contributed by atoms with Crippen LogP contribution in [0.15, 0.2) is 59.8 Å². The quantitative estimate of drug-likeness (QED) is 0.603. The monoisotopic (exact) mass is 328 g/mol. The number of hydrogen-bond acceptors (Lipinski definition) is 4. The first-order valence-corrected chi connectivity index (χ1v) is 7.91. The van der Waals surface area contributed by atoms with Gasteiger partial charge in [-0.25, -0.2) is 0 Å². The Balaban J connectivity index is 1.82. The van der Waals surface area contributed by atoms with Crippen LogP contribution in [0.25, 0.3) is 6.08 Å². The van der Waals surface area contributed by atoms with Crippen LogP contribution in [0.3, 0.4) is 0 Å². The summed E-state index contributed by atoms with van der Waals surface area (Å²) in [6.45, 7) is 0.432. The number of aromatic nitrogens is 1. The molecule has 5 nitrogen and oxygen atoms in total. The molecule has 1 heterocycles. The second-order valence-corrected chi connectivity index (χ2v) is 5.71. The number of hydrogen-bond donors (Lipinski definition) is 2. The number of carbonyl (C=O) groups excluding carboxylic acids is 1. The molecule has 118 valence electrons. The fourth-order valence-electron chi connectivity index (χ4n) is 1.74. The molecule has 6 heteroatoms. The van der Waals surface area contributed by atoms with E-state index in [1.54, 1.807) is 18.5 Å². The highest BCUT2D eigenvalue weighted by atomic mass is 32.2. The van der Waals surface area contributed by atoms with Crippen LogP contribution in [0.4, 0.5) is 0 Å². The number of amides is 1. The molecule has 0 spiro atoms. The van der Waals surface area contributed by atoms with Crippen molar-refractivity contribution < 1.29 is 14.7 Å². The molecular formula is C17H16N2O3S. The Morgan fingerprint density at radius 3 is 2.65 bits per heavy atom. The van der Waals surface area contributed by atoms with Crippen molar-refractivity contribution in [2.75, 3.05) is 5.75 Å². The molecule has 1 aromatic heterocycles. The highest BCUT2D eigenvalue weighted by Gasteiger charge is 2.00. The van der Waals surface area contributed by atoms with E-state index < -0.39 is 5.97 Å². The second-order valence-electron chi connectivity index (χ2n) is 4.66. The zero-order valence-electron chi connectivity index (χ0n) is 12.3. The molecule has 0 bridgehead atoms. The van der Waals surface area contributed by atoms with Gasteiger partial charge in [0, 0.05) is 29.9 Å². The van der Waals surface area contributed by atoms with Crippen LogP contribution in [0.2, 0.25) is 0 Å². The van der Waals surface area contributed by atoms with Gasteiger partial charge in [-0.2, -0.15) is 0 Å². The van der Waals surface area contributed by atoms with Crippen molar-refractivity contribution in [3.05, 3.63) is 66.0 Å². The number of aliphatic carboxylic acids is 1. The lowest BCUT2D eigenvalue weighted by molar-refractivity contribution is -0.133. The van der Waals surface area contributed by atoms with E-state index in [2.05, 4.69) is 10.3 Å². The third kappa shape index (κ3) is 6.36. The summed E-state index contributed by atoms with van der Waals surface area (Å²) in [5.41, 5.74) is 1.82. The van der Waals surface area contributed by atoms with Crippen LogP contribution in [0.5, 0.6) is 0 Å². The molecular weight excluding hydrogens is 312 g/mol. The number of nitrogens with zero attached hydrogens (tertiary/aromatic N) is 1. The van der Waals surface area contributed by atoms with Gasteiger partial charge in [0.2, 0.25) is 5.91 Å². The van der Waals surface area contributed by atoms with E-state index in [4.69, 9.17) is 5.11 Å². The molecule has 0 atom stereocenters. The molecule has 1 aromatic carbocycles. The van der Waals surface area contributed by atoms with Gasteiger partial charge >= 0.3 is 5.97 Å². The van der Waals surface area contributed by atoms with Crippen LogP contribution in [-0.4, -0.2) is 27.7 Å². The fraction of sp³-hybridized carbons (Fsp3) is 0.118. The average Bonchev–Trinajstić information content (AvgIpc) is 2.58. The molecule has 0 saturated carbocycles. The van der Waals surface area contributed by atoms with Gasteiger partial charge < -0.3 is 10.4 Å². The van der Waals surface area contributed by atoms with Crippen LogP contribution < -0.4 is 5.32 Å². The maximum absolute atomic E-state index is 11.7. The SMILES string of the molecule is O=C(O)CSc1ccc(C=CC(=O)NCc2cccnc2)cc1. The molecule has 0 aliphatic carbocycles. The van der Waals surface area contributed by atoms with Crippen molar-refractivity contribution in [3.63, 3.8) is 0 Å². The number of pyridine rings is 1. The number of carboxylic acids is 1. The van der Waals surface area contributed by atoms with Crippen molar-refractivity contribution in [2.45, 2.75) is 11.4 Å². The summed E-state index contributed by atoms with van der Waals surface area (Å²) in [7, 11) is 0. The second kappa shape index (κ2) is 8.75. The van der Waals surface area contributed by atoms with E-state index in [1.807, 2.05) is 36.4 Å². The maximum Gasteiger partial charge on any atom is 0.313 e. The first-order chi connectivity index (χ1) is 11.1. The molecule has 0 unspecified atom stereocenters. The van der Waals surface area contributed by atoms with Crippen molar-refractivity contribution in [1.82, 2.24) is 10.3 Å². The Hall–Kier alpha value is -2.60. The zero-order valence-corrected chi connectivity index (χ0v) is 13.1. The smallest absolute Gasteiger partial charge is 0.313 e. The van der Waals surface area contributed by atoms with E-state index in [0.717, 1.165) is 16.0 Å². The van der Waals surface area contributed by atoms with Gasteiger partial charge in [-0.3, -0.25) is 14.6 Å². The third-order valence-corrected chi connectivity index (χ3v) is 3.86. The van der Waals surface area contributed by atoms with E-state index in [0.29, 0.717) is 6.54 Å².